The quantitative estimate of drug-likeness (QED) is 0.804. The van der Waals surface area contributed by atoms with Crippen LogP contribution in [-0.4, -0.2) is 5.11 Å². The lowest BCUT2D eigenvalue weighted by Crippen LogP contribution is -2.09. The number of rotatable bonds is 1. The molecule has 1 atom stereocenters. The summed E-state index contributed by atoms with van der Waals surface area (Å²) in [5, 5.41) is 10.0. The summed E-state index contributed by atoms with van der Waals surface area (Å²) in [5.74, 6) is 0.538. The summed E-state index contributed by atoms with van der Waals surface area (Å²) in [6, 6.07) is 12.8. The lowest BCUT2D eigenvalue weighted by molar-refractivity contribution is 0.454. The highest BCUT2D eigenvalue weighted by atomic mass is 19.1. The Kier molecular flexibility index (Phi) is 3.72. The maximum absolute atomic E-state index is 13.9. The van der Waals surface area contributed by atoms with Crippen LogP contribution in [0.1, 0.15) is 41.9 Å². The molecule has 0 radical (unpaired) electrons. The van der Waals surface area contributed by atoms with Gasteiger partial charge in [0.25, 0.3) is 0 Å². The second kappa shape index (κ2) is 5.66. The van der Waals surface area contributed by atoms with Crippen molar-refractivity contribution in [2.45, 2.75) is 38.0 Å². The Hall–Kier alpha value is -1.83. The van der Waals surface area contributed by atoms with E-state index in [1.165, 1.54) is 5.56 Å². The number of phenolic OH excluding ortho intramolecular Hbond substituents is 1. The molecular weight excluding hydrogens is 251 g/mol. The number of aryl methyl sites for hydroxylation is 1. The highest BCUT2D eigenvalue weighted by Crippen LogP contribution is 2.34. The van der Waals surface area contributed by atoms with E-state index in [9.17, 15) is 9.50 Å². The fourth-order valence-electron chi connectivity index (χ4n) is 3.26. The Morgan fingerprint density at radius 1 is 0.950 bits per heavy atom. The number of hydrogen-bond donors (Lipinski definition) is 1. The minimum absolute atomic E-state index is 0.101. The van der Waals surface area contributed by atoms with Crippen LogP contribution in [0, 0.1) is 5.82 Å². The molecule has 0 heterocycles. The number of hydrogen-bond acceptors (Lipinski definition) is 1. The zero-order valence-corrected chi connectivity index (χ0v) is 11.5. The standard InChI is InChI=1S/C18H19FO/c19-17-9-2-1-8-15(17)14-6-3-5-13-7-4-10-18(20)16(13)12-11-14/h1-2,4,7-10,14,20H,3,5-6,11-12H2. The Morgan fingerprint density at radius 2 is 1.80 bits per heavy atom. The predicted molar refractivity (Wildman–Crippen MR) is 78.5 cm³/mol. The molecule has 0 amide bonds. The highest BCUT2D eigenvalue weighted by Gasteiger charge is 2.20. The van der Waals surface area contributed by atoms with Crippen molar-refractivity contribution in [1.29, 1.82) is 0 Å². The molecule has 1 aliphatic carbocycles. The van der Waals surface area contributed by atoms with Gasteiger partial charge < -0.3 is 5.11 Å². The Balaban J connectivity index is 1.86. The molecule has 2 heteroatoms. The third-order valence-electron chi connectivity index (χ3n) is 4.33. The van der Waals surface area contributed by atoms with Crippen LogP contribution in [0.25, 0.3) is 0 Å². The molecule has 1 N–H and O–H groups in total. The van der Waals surface area contributed by atoms with Crippen molar-refractivity contribution in [3.8, 4) is 5.75 Å². The molecule has 0 aromatic heterocycles. The summed E-state index contributed by atoms with van der Waals surface area (Å²) in [6.07, 6.45) is 4.73. The van der Waals surface area contributed by atoms with Crippen LogP contribution in [0.2, 0.25) is 0 Å². The first-order valence-corrected chi connectivity index (χ1v) is 7.30. The summed E-state index contributed by atoms with van der Waals surface area (Å²) in [7, 11) is 0. The zero-order valence-electron chi connectivity index (χ0n) is 11.5. The number of fused-ring (bicyclic) bond motifs is 1. The Morgan fingerprint density at radius 3 is 2.65 bits per heavy atom. The molecule has 2 aromatic carbocycles. The van der Waals surface area contributed by atoms with Crippen molar-refractivity contribution in [2.24, 2.45) is 0 Å². The maximum Gasteiger partial charge on any atom is 0.126 e. The van der Waals surface area contributed by atoms with E-state index in [1.54, 1.807) is 18.2 Å². The number of halogens is 1. The van der Waals surface area contributed by atoms with Crippen molar-refractivity contribution in [3.05, 3.63) is 65.0 Å². The van der Waals surface area contributed by atoms with E-state index in [1.807, 2.05) is 18.2 Å². The number of benzene rings is 2. The normalized spacial score (nSPS) is 18.9. The van der Waals surface area contributed by atoms with E-state index in [0.717, 1.165) is 43.2 Å². The predicted octanol–water partition coefficient (Wildman–Crippen LogP) is 4.58. The van der Waals surface area contributed by atoms with Crippen LogP contribution in [0.15, 0.2) is 42.5 Å². The number of phenols is 1. The van der Waals surface area contributed by atoms with Gasteiger partial charge in [0.1, 0.15) is 11.6 Å². The van der Waals surface area contributed by atoms with Gasteiger partial charge in [0.05, 0.1) is 0 Å². The first-order chi connectivity index (χ1) is 9.75. The molecule has 1 unspecified atom stereocenters. The lowest BCUT2D eigenvalue weighted by atomic mass is 9.83. The van der Waals surface area contributed by atoms with Gasteiger partial charge in [-0.3, -0.25) is 0 Å². The molecule has 1 nitrogen and oxygen atoms in total. The van der Waals surface area contributed by atoms with E-state index in [4.69, 9.17) is 0 Å². The van der Waals surface area contributed by atoms with Crippen molar-refractivity contribution < 1.29 is 9.50 Å². The van der Waals surface area contributed by atoms with Gasteiger partial charge in [0.2, 0.25) is 0 Å². The summed E-state index contributed by atoms with van der Waals surface area (Å²) < 4.78 is 13.9. The second-order valence-corrected chi connectivity index (χ2v) is 5.56. The average molecular weight is 270 g/mol. The maximum atomic E-state index is 13.9. The largest absolute Gasteiger partial charge is 0.508 e. The van der Waals surface area contributed by atoms with E-state index in [2.05, 4.69) is 6.07 Å². The topological polar surface area (TPSA) is 20.2 Å². The van der Waals surface area contributed by atoms with Gasteiger partial charge in [0, 0.05) is 0 Å². The third kappa shape index (κ3) is 2.55. The molecule has 104 valence electrons. The van der Waals surface area contributed by atoms with Crippen LogP contribution in [-0.2, 0) is 12.8 Å². The van der Waals surface area contributed by atoms with Crippen LogP contribution in [0.5, 0.6) is 5.75 Å². The lowest BCUT2D eigenvalue weighted by Gasteiger charge is -2.22. The molecule has 20 heavy (non-hydrogen) atoms. The molecule has 0 aliphatic heterocycles. The minimum atomic E-state index is -0.101. The molecular formula is C18H19FO. The molecule has 3 rings (SSSR count). The van der Waals surface area contributed by atoms with Crippen LogP contribution in [0.4, 0.5) is 4.39 Å². The van der Waals surface area contributed by atoms with Gasteiger partial charge in [-0.05, 0) is 66.8 Å². The zero-order chi connectivity index (χ0) is 13.9. The third-order valence-corrected chi connectivity index (χ3v) is 4.33. The first-order valence-electron chi connectivity index (χ1n) is 7.30. The summed E-state index contributed by atoms with van der Waals surface area (Å²) in [6.45, 7) is 0. The van der Waals surface area contributed by atoms with Gasteiger partial charge >= 0.3 is 0 Å². The molecule has 0 fully saturated rings. The van der Waals surface area contributed by atoms with E-state index >= 15 is 0 Å². The number of aromatic hydroxyl groups is 1. The Labute approximate surface area is 119 Å². The molecule has 0 saturated carbocycles. The van der Waals surface area contributed by atoms with Gasteiger partial charge in [0.15, 0.2) is 0 Å². The van der Waals surface area contributed by atoms with Gasteiger partial charge in [-0.25, -0.2) is 4.39 Å². The first kappa shape index (κ1) is 13.2. The van der Waals surface area contributed by atoms with E-state index in [0.29, 0.717) is 5.75 Å². The summed E-state index contributed by atoms with van der Waals surface area (Å²) in [4.78, 5) is 0. The van der Waals surface area contributed by atoms with Gasteiger partial charge in [-0.2, -0.15) is 0 Å². The minimum Gasteiger partial charge on any atom is -0.508 e. The molecule has 1 aliphatic rings. The molecule has 2 aromatic rings. The summed E-state index contributed by atoms with van der Waals surface area (Å²) in [5.41, 5.74) is 3.12. The average Bonchev–Trinajstić information content (AvgIpc) is 2.42. The van der Waals surface area contributed by atoms with E-state index in [-0.39, 0.29) is 11.7 Å². The van der Waals surface area contributed by atoms with E-state index < -0.39 is 0 Å². The van der Waals surface area contributed by atoms with Crippen LogP contribution >= 0.6 is 0 Å². The second-order valence-electron chi connectivity index (χ2n) is 5.56. The highest BCUT2D eigenvalue weighted by molar-refractivity contribution is 5.40. The molecule has 0 bridgehead atoms. The van der Waals surface area contributed by atoms with Crippen molar-refractivity contribution >= 4 is 0 Å². The van der Waals surface area contributed by atoms with Crippen LogP contribution in [0.3, 0.4) is 0 Å². The smallest absolute Gasteiger partial charge is 0.126 e. The van der Waals surface area contributed by atoms with Crippen molar-refractivity contribution in [1.82, 2.24) is 0 Å². The van der Waals surface area contributed by atoms with Gasteiger partial charge in [-0.1, -0.05) is 30.3 Å². The SMILES string of the molecule is Oc1cccc2c1CCC(c1ccccc1F)CCC2. The molecule has 0 spiro atoms. The fraction of sp³-hybridized carbons (Fsp3) is 0.333. The van der Waals surface area contributed by atoms with Crippen LogP contribution < -0.4 is 0 Å². The molecule has 0 saturated heterocycles. The fourth-order valence-corrected chi connectivity index (χ4v) is 3.26. The van der Waals surface area contributed by atoms with Crippen molar-refractivity contribution in [3.63, 3.8) is 0 Å². The van der Waals surface area contributed by atoms with Gasteiger partial charge in [-0.15, -0.1) is 0 Å². The monoisotopic (exact) mass is 270 g/mol. The Bertz CT molecular complexity index is 606. The summed E-state index contributed by atoms with van der Waals surface area (Å²) >= 11 is 0. The van der Waals surface area contributed by atoms with Crippen molar-refractivity contribution in [2.75, 3.05) is 0 Å².